The SMILES string of the molecule is NC(=O)CNCCOC1CCCNC1C(O)c1cc(C(F)(F)F)nc2c(C(F)(F)F)cccc12. The summed E-state index contributed by atoms with van der Waals surface area (Å²) in [4.78, 5) is 14.0. The number of alkyl halides is 6. The molecule has 34 heavy (non-hydrogen) atoms. The summed E-state index contributed by atoms with van der Waals surface area (Å²) in [5, 5.41) is 16.6. The van der Waals surface area contributed by atoms with E-state index in [2.05, 4.69) is 15.6 Å². The smallest absolute Gasteiger partial charge is 0.387 e. The van der Waals surface area contributed by atoms with Crippen LogP contribution in [0.4, 0.5) is 26.3 Å². The Balaban J connectivity index is 1.96. The van der Waals surface area contributed by atoms with Crippen LogP contribution in [0.5, 0.6) is 0 Å². The minimum Gasteiger partial charge on any atom is -0.387 e. The summed E-state index contributed by atoms with van der Waals surface area (Å²) in [6.07, 6.45) is -11.1. The fraction of sp³-hybridized carbons (Fsp3) is 0.524. The average molecular weight is 494 g/mol. The van der Waals surface area contributed by atoms with Crippen LogP contribution in [-0.2, 0) is 21.9 Å². The Morgan fingerprint density at radius 2 is 2.00 bits per heavy atom. The molecule has 1 saturated heterocycles. The summed E-state index contributed by atoms with van der Waals surface area (Å²) in [6.45, 7) is 0.743. The summed E-state index contributed by atoms with van der Waals surface area (Å²) in [5.41, 5.74) is 0.955. The number of pyridine rings is 1. The van der Waals surface area contributed by atoms with Crippen molar-refractivity contribution in [1.29, 1.82) is 0 Å². The monoisotopic (exact) mass is 494 g/mol. The normalized spacial score (nSPS) is 20.4. The molecule has 2 aromatic rings. The molecule has 2 heterocycles. The lowest BCUT2D eigenvalue weighted by Gasteiger charge is -2.36. The number of carbonyl (C=O) groups excluding carboxylic acids is 1. The fourth-order valence-electron chi connectivity index (χ4n) is 3.97. The van der Waals surface area contributed by atoms with Crippen LogP contribution in [0.15, 0.2) is 24.3 Å². The zero-order valence-corrected chi connectivity index (χ0v) is 17.8. The second-order valence-corrected chi connectivity index (χ2v) is 7.91. The van der Waals surface area contributed by atoms with E-state index in [1.165, 1.54) is 6.07 Å². The van der Waals surface area contributed by atoms with E-state index in [0.717, 1.165) is 6.07 Å². The van der Waals surface area contributed by atoms with Crippen molar-refractivity contribution < 1.29 is 41.0 Å². The van der Waals surface area contributed by atoms with E-state index >= 15 is 0 Å². The number of fused-ring (bicyclic) bond motifs is 1. The van der Waals surface area contributed by atoms with Crippen molar-refractivity contribution in [2.45, 2.75) is 43.4 Å². The molecule has 0 radical (unpaired) electrons. The van der Waals surface area contributed by atoms with Gasteiger partial charge in [0, 0.05) is 11.9 Å². The molecule has 1 amide bonds. The number of hydrogen-bond donors (Lipinski definition) is 4. The highest BCUT2D eigenvalue weighted by atomic mass is 19.4. The van der Waals surface area contributed by atoms with Crippen molar-refractivity contribution in [3.05, 3.63) is 41.1 Å². The van der Waals surface area contributed by atoms with Crippen LogP contribution >= 0.6 is 0 Å². The zero-order chi connectivity index (χ0) is 25.1. The highest BCUT2D eigenvalue weighted by molar-refractivity contribution is 5.86. The van der Waals surface area contributed by atoms with Gasteiger partial charge in [-0.15, -0.1) is 0 Å². The molecule has 0 bridgehead atoms. The molecule has 13 heteroatoms. The van der Waals surface area contributed by atoms with Crippen LogP contribution in [0.2, 0.25) is 0 Å². The van der Waals surface area contributed by atoms with Crippen LogP contribution in [0.1, 0.15) is 35.8 Å². The Kier molecular flexibility index (Phi) is 8.01. The highest BCUT2D eigenvalue weighted by Crippen LogP contribution is 2.40. The number of piperidine rings is 1. The van der Waals surface area contributed by atoms with Gasteiger partial charge >= 0.3 is 12.4 Å². The maximum Gasteiger partial charge on any atom is 0.433 e. The Labute approximate surface area is 190 Å². The maximum atomic E-state index is 13.5. The number of nitrogens with one attached hydrogen (secondary N) is 2. The first-order valence-corrected chi connectivity index (χ1v) is 10.5. The van der Waals surface area contributed by atoms with Gasteiger partial charge in [0.15, 0.2) is 0 Å². The molecule has 0 spiro atoms. The van der Waals surface area contributed by atoms with Gasteiger partial charge in [0.05, 0.1) is 42.5 Å². The average Bonchev–Trinajstić information content (AvgIpc) is 2.76. The zero-order valence-electron chi connectivity index (χ0n) is 17.8. The quantitative estimate of drug-likeness (QED) is 0.332. The number of primary amides is 1. The highest BCUT2D eigenvalue weighted by Gasteiger charge is 2.40. The van der Waals surface area contributed by atoms with Gasteiger partial charge in [-0.3, -0.25) is 4.79 Å². The fourth-order valence-corrected chi connectivity index (χ4v) is 3.97. The first-order chi connectivity index (χ1) is 15.9. The number of hydrogen-bond acceptors (Lipinski definition) is 6. The molecule has 0 saturated carbocycles. The Morgan fingerprint density at radius 3 is 2.65 bits per heavy atom. The minimum atomic E-state index is -5.02. The molecule has 3 rings (SSSR count). The van der Waals surface area contributed by atoms with Crippen molar-refractivity contribution in [2.24, 2.45) is 5.73 Å². The standard InChI is InChI=1S/C21H24F6N4O3/c22-20(23,24)13-4-1-3-11-12(9-15(21(25,26)27)31-17(11)13)19(33)18-14(5-2-6-30-18)34-8-7-29-10-16(28)32/h1,3-4,9,14,18-19,29-30,33H,2,5-8,10H2,(H2,28,32). The van der Waals surface area contributed by atoms with E-state index in [1.807, 2.05) is 0 Å². The van der Waals surface area contributed by atoms with E-state index in [9.17, 15) is 36.2 Å². The summed E-state index contributed by atoms with van der Waals surface area (Å²) in [6, 6.07) is 2.60. The molecule has 5 N–H and O–H groups in total. The summed E-state index contributed by atoms with van der Waals surface area (Å²) in [7, 11) is 0. The Hall–Kier alpha value is -2.48. The van der Waals surface area contributed by atoms with Crippen LogP contribution in [0.3, 0.4) is 0 Å². The molecular weight excluding hydrogens is 470 g/mol. The minimum absolute atomic E-state index is 0.0664. The lowest BCUT2D eigenvalue weighted by atomic mass is 9.89. The number of aliphatic hydroxyl groups excluding tert-OH is 1. The van der Waals surface area contributed by atoms with Gasteiger partial charge in [-0.1, -0.05) is 12.1 Å². The van der Waals surface area contributed by atoms with Crippen molar-refractivity contribution >= 4 is 16.8 Å². The summed E-state index contributed by atoms with van der Waals surface area (Å²) in [5.74, 6) is -0.559. The number of nitrogens with zero attached hydrogens (tertiary/aromatic N) is 1. The van der Waals surface area contributed by atoms with Crippen molar-refractivity contribution in [1.82, 2.24) is 15.6 Å². The molecule has 1 fully saturated rings. The number of benzene rings is 1. The number of aliphatic hydroxyl groups is 1. The predicted molar refractivity (Wildman–Crippen MR) is 110 cm³/mol. The molecule has 1 aliphatic rings. The molecule has 3 unspecified atom stereocenters. The van der Waals surface area contributed by atoms with Crippen molar-refractivity contribution in [2.75, 3.05) is 26.2 Å². The molecule has 0 aliphatic carbocycles. The Morgan fingerprint density at radius 1 is 1.26 bits per heavy atom. The van der Waals surface area contributed by atoms with Gasteiger partial charge in [0.1, 0.15) is 5.69 Å². The number of halogens is 6. The lowest BCUT2D eigenvalue weighted by Crippen LogP contribution is -2.50. The third-order valence-corrected chi connectivity index (χ3v) is 5.48. The van der Waals surface area contributed by atoms with Crippen LogP contribution in [-0.4, -0.2) is 54.4 Å². The third-order valence-electron chi connectivity index (χ3n) is 5.48. The van der Waals surface area contributed by atoms with Crippen LogP contribution in [0.25, 0.3) is 10.9 Å². The molecule has 3 atom stereocenters. The van der Waals surface area contributed by atoms with Gasteiger partial charge in [-0.2, -0.15) is 26.3 Å². The Bertz CT molecular complexity index is 1010. The maximum absolute atomic E-state index is 13.5. The molecule has 1 aromatic heterocycles. The third kappa shape index (κ3) is 6.14. The van der Waals surface area contributed by atoms with Crippen LogP contribution < -0.4 is 16.4 Å². The largest absolute Gasteiger partial charge is 0.433 e. The van der Waals surface area contributed by atoms with Crippen LogP contribution in [0, 0.1) is 0 Å². The number of ether oxygens (including phenoxy) is 1. The number of rotatable bonds is 8. The van der Waals surface area contributed by atoms with Gasteiger partial charge in [-0.25, -0.2) is 4.98 Å². The molecule has 7 nitrogen and oxygen atoms in total. The van der Waals surface area contributed by atoms with Crippen molar-refractivity contribution in [3.8, 4) is 0 Å². The number of para-hydroxylation sites is 1. The van der Waals surface area contributed by atoms with Gasteiger partial charge in [-0.05, 0) is 37.1 Å². The van der Waals surface area contributed by atoms with Gasteiger partial charge < -0.3 is 26.2 Å². The summed E-state index contributed by atoms with van der Waals surface area (Å²) >= 11 is 0. The second kappa shape index (κ2) is 10.4. The van der Waals surface area contributed by atoms with E-state index in [-0.39, 0.29) is 30.6 Å². The number of amides is 1. The second-order valence-electron chi connectivity index (χ2n) is 7.91. The number of nitrogens with two attached hydrogens (primary N) is 1. The first kappa shape index (κ1) is 26.1. The van der Waals surface area contributed by atoms with Crippen molar-refractivity contribution in [3.63, 3.8) is 0 Å². The van der Waals surface area contributed by atoms with E-state index in [0.29, 0.717) is 31.5 Å². The molecular formula is C21H24F6N4O3. The first-order valence-electron chi connectivity index (χ1n) is 10.5. The van der Waals surface area contributed by atoms with E-state index in [4.69, 9.17) is 10.5 Å². The number of aromatic nitrogens is 1. The lowest BCUT2D eigenvalue weighted by molar-refractivity contribution is -0.142. The molecule has 1 aliphatic heterocycles. The van der Waals surface area contributed by atoms with E-state index < -0.39 is 53.3 Å². The topological polar surface area (TPSA) is 110 Å². The predicted octanol–water partition coefficient (Wildman–Crippen LogP) is 2.52. The molecule has 1 aromatic carbocycles. The van der Waals surface area contributed by atoms with Gasteiger partial charge in [0.25, 0.3) is 0 Å². The molecule has 188 valence electrons. The summed E-state index contributed by atoms with van der Waals surface area (Å²) < 4.78 is 86.7. The number of carbonyl (C=O) groups is 1. The van der Waals surface area contributed by atoms with E-state index in [1.54, 1.807) is 0 Å². The van der Waals surface area contributed by atoms with Gasteiger partial charge in [0.2, 0.25) is 5.91 Å².